The third-order valence-corrected chi connectivity index (χ3v) is 3.65. The van der Waals surface area contributed by atoms with E-state index in [2.05, 4.69) is 6.92 Å². The maximum atomic E-state index is 12.2. The summed E-state index contributed by atoms with van der Waals surface area (Å²) in [5.41, 5.74) is 7.55. The van der Waals surface area contributed by atoms with Crippen molar-refractivity contribution in [3.05, 3.63) is 35.6 Å². The SMILES string of the molecule is CCc1oc2ccccc2c1CN(C)C(=O)C(C)CN. The fourth-order valence-corrected chi connectivity index (χ4v) is 2.40. The fourth-order valence-electron chi connectivity index (χ4n) is 2.40. The van der Waals surface area contributed by atoms with Crippen molar-refractivity contribution in [1.82, 2.24) is 4.90 Å². The Morgan fingerprint density at radius 1 is 1.40 bits per heavy atom. The number of fused-ring (bicyclic) bond motifs is 1. The minimum absolute atomic E-state index is 0.0693. The van der Waals surface area contributed by atoms with Gasteiger partial charge in [0, 0.05) is 43.4 Å². The monoisotopic (exact) mass is 274 g/mol. The number of nitrogens with zero attached hydrogens (tertiary/aromatic N) is 1. The van der Waals surface area contributed by atoms with Crippen molar-refractivity contribution >= 4 is 16.9 Å². The topological polar surface area (TPSA) is 59.5 Å². The fraction of sp³-hybridized carbons (Fsp3) is 0.438. The van der Waals surface area contributed by atoms with E-state index in [1.54, 1.807) is 4.90 Å². The highest BCUT2D eigenvalue weighted by molar-refractivity contribution is 5.83. The second-order valence-corrected chi connectivity index (χ2v) is 5.18. The first-order chi connectivity index (χ1) is 9.58. The molecule has 2 rings (SSSR count). The molecule has 1 amide bonds. The number of para-hydroxylation sites is 1. The Labute approximate surface area is 119 Å². The largest absolute Gasteiger partial charge is 0.461 e. The van der Waals surface area contributed by atoms with Crippen LogP contribution in [0.5, 0.6) is 0 Å². The Bertz CT molecular complexity index is 604. The summed E-state index contributed by atoms with van der Waals surface area (Å²) in [5.74, 6) is 0.870. The van der Waals surface area contributed by atoms with E-state index in [1.807, 2.05) is 38.2 Å². The zero-order valence-electron chi connectivity index (χ0n) is 12.3. The summed E-state index contributed by atoms with van der Waals surface area (Å²) in [5, 5.41) is 1.09. The number of aryl methyl sites for hydroxylation is 1. The molecule has 1 unspecified atom stereocenters. The molecule has 0 spiro atoms. The molecule has 2 N–H and O–H groups in total. The average molecular weight is 274 g/mol. The Hall–Kier alpha value is -1.81. The Kier molecular flexibility index (Phi) is 4.45. The Morgan fingerprint density at radius 3 is 2.75 bits per heavy atom. The first-order valence-electron chi connectivity index (χ1n) is 7.02. The smallest absolute Gasteiger partial charge is 0.226 e. The zero-order chi connectivity index (χ0) is 14.7. The first kappa shape index (κ1) is 14.6. The molecule has 0 saturated heterocycles. The normalized spacial score (nSPS) is 12.6. The van der Waals surface area contributed by atoms with Crippen LogP contribution in [0, 0.1) is 5.92 Å². The molecule has 2 aromatic rings. The molecular weight excluding hydrogens is 252 g/mol. The number of benzene rings is 1. The number of carbonyl (C=O) groups is 1. The molecule has 1 aromatic heterocycles. The molecule has 108 valence electrons. The van der Waals surface area contributed by atoms with Crippen LogP contribution in [-0.2, 0) is 17.8 Å². The van der Waals surface area contributed by atoms with Gasteiger partial charge in [0.25, 0.3) is 0 Å². The van der Waals surface area contributed by atoms with Gasteiger partial charge in [-0.15, -0.1) is 0 Å². The van der Waals surface area contributed by atoms with Crippen LogP contribution in [0.4, 0.5) is 0 Å². The molecule has 20 heavy (non-hydrogen) atoms. The van der Waals surface area contributed by atoms with Crippen LogP contribution in [-0.4, -0.2) is 24.4 Å². The molecule has 1 aromatic carbocycles. The number of furan rings is 1. The summed E-state index contributed by atoms with van der Waals surface area (Å²) in [7, 11) is 1.82. The van der Waals surface area contributed by atoms with Gasteiger partial charge in [-0.05, 0) is 6.07 Å². The lowest BCUT2D eigenvalue weighted by Crippen LogP contribution is -2.34. The molecule has 1 heterocycles. The van der Waals surface area contributed by atoms with Crippen molar-refractivity contribution < 1.29 is 9.21 Å². The summed E-state index contributed by atoms with van der Waals surface area (Å²) in [6.45, 7) is 4.85. The summed E-state index contributed by atoms with van der Waals surface area (Å²) >= 11 is 0. The average Bonchev–Trinajstić information content (AvgIpc) is 2.83. The predicted octanol–water partition coefficient (Wildman–Crippen LogP) is 2.55. The zero-order valence-corrected chi connectivity index (χ0v) is 12.3. The van der Waals surface area contributed by atoms with Gasteiger partial charge < -0.3 is 15.1 Å². The van der Waals surface area contributed by atoms with Crippen LogP contribution in [0.3, 0.4) is 0 Å². The number of carbonyl (C=O) groups excluding carboxylic acids is 1. The van der Waals surface area contributed by atoms with Crippen molar-refractivity contribution in [3.63, 3.8) is 0 Å². The maximum absolute atomic E-state index is 12.2. The first-order valence-corrected chi connectivity index (χ1v) is 7.02. The van der Waals surface area contributed by atoms with Crippen molar-refractivity contribution in [2.75, 3.05) is 13.6 Å². The minimum Gasteiger partial charge on any atom is -0.461 e. The number of hydrogen-bond acceptors (Lipinski definition) is 3. The van der Waals surface area contributed by atoms with Gasteiger partial charge in [-0.2, -0.15) is 0 Å². The molecule has 0 aliphatic rings. The molecule has 4 nitrogen and oxygen atoms in total. The van der Waals surface area contributed by atoms with Crippen LogP contribution in [0.15, 0.2) is 28.7 Å². The standard InChI is InChI=1S/C16H22N2O2/c1-4-14-13(10-18(3)16(19)11(2)9-17)12-7-5-6-8-15(12)20-14/h5-8,11H,4,9-10,17H2,1-3H3. The quantitative estimate of drug-likeness (QED) is 0.911. The summed E-state index contributed by atoms with van der Waals surface area (Å²) in [6.07, 6.45) is 0.818. The van der Waals surface area contributed by atoms with Gasteiger partial charge in [-0.25, -0.2) is 0 Å². The van der Waals surface area contributed by atoms with Gasteiger partial charge in [0.05, 0.1) is 0 Å². The van der Waals surface area contributed by atoms with Crippen molar-refractivity contribution in [2.24, 2.45) is 11.7 Å². The van der Waals surface area contributed by atoms with Crippen LogP contribution < -0.4 is 5.73 Å². The number of hydrogen-bond donors (Lipinski definition) is 1. The van der Waals surface area contributed by atoms with Crippen molar-refractivity contribution in [1.29, 1.82) is 0 Å². The van der Waals surface area contributed by atoms with E-state index < -0.39 is 0 Å². The van der Waals surface area contributed by atoms with E-state index in [9.17, 15) is 4.79 Å². The van der Waals surface area contributed by atoms with E-state index in [1.165, 1.54) is 0 Å². The van der Waals surface area contributed by atoms with Gasteiger partial charge in [0.1, 0.15) is 11.3 Å². The van der Waals surface area contributed by atoms with Crippen LogP contribution in [0.2, 0.25) is 0 Å². The van der Waals surface area contributed by atoms with E-state index in [0.29, 0.717) is 13.1 Å². The van der Waals surface area contributed by atoms with Gasteiger partial charge in [0.15, 0.2) is 0 Å². The third kappa shape index (κ3) is 2.70. The molecule has 0 bridgehead atoms. The number of rotatable bonds is 5. The van der Waals surface area contributed by atoms with Gasteiger partial charge in [-0.3, -0.25) is 4.79 Å². The van der Waals surface area contributed by atoms with E-state index in [4.69, 9.17) is 10.2 Å². The third-order valence-electron chi connectivity index (χ3n) is 3.65. The second-order valence-electron chi connectivity index (χ2n) is 5.18. The van der Waals surface area contributed by atoms with Gasteiger partial charge in [0.2, 0.25) is 5.91 Å². The lowest BCUT2D eigenvalue weighted by atomic mass is 10.1. The summed E-state index contributed by atoms with van der Waals surface area (Å²) in [6, 6.07) is 7.95. The molecule has 0 aliphatic carbocycles. The molecular formula is C16H22N2O2. The van der Waals surface area contributed by atoms with E-state index >= 15 is 0 Å². The Balaban J connectivity index is 2.31. The number of amides is 1. The Morgan fingerprint density at radius 2 is 2.10 bits per heavy atom. The molecule has 0 fully saturated rings. The summed E-state index contributed by atoms with van der Waals surface area (Å²) < 4.78 is 5.85. The van der Waals surface area contributed by atoms with Crippen LogP contribution in [0.1, 0.15) is 25.2 Å². The highest BCUT2D eigenvalue weighted by Gasteiger charge is 2.20. The molecule has 0 aliphatic heterocycles. The highest BCUT2D eigenvalue weighted by atomic mass is 16.3. The van der Waals surface area contributed by atoms with Gasteiger partial charge >= 0.3 is 0 Å². The predicted molar refractivity (Wildman–Crippen MR) is 80.3 cm³/mol. The van der Waals surface area contributed by atoms with Crippen molar-refractivity contribution in [2.45, 2.75) is 26.8 Å². The molecule has 0 radical (unpaired) electrons. The van der Waals surface area contributed by atoms with Crippen molar-refractivity contribution in [3.8, 4) is 0 Å². The number of nitrogens with two attached hydrogens (primary N) is 1. The molecule has 1 atom stereocenters. The lowest BCUT2D eigenvalue weighted by Gasteiger charge is -2.20. The second kappa shape index (κ2) is 6.09. The molecule has 0 saturated carbocycles. The lowest BCUT2D eigenvalue weighted by molar-refractivity contribution is -0.133. The highest BCUT2D eigenvalue weighted by Crippen LogP contribution is 2.27. The van der Waals surface area contributed by atoms with E-state index in [0.717, 1.165) is 28.7 Å². The van der Waals surface area contributed by atoms with Gasteiger partial charge in [-0.1, -0.05) is 32.0 Å². The maximum Gasteiger partial charge on any atom is 0.226 e. The minimum atomic E-state index is -0.150. The van der Waals surface area contributed by atoms with Crippen LogP contribution in [0.25, 0.3) is 11.0 Å². The van der Waals surface area contributed by atoms with Crippen LogP contribution >= 0.6 is 0 Å². The molecule has 4 heteroatoms. The summed E-state index contributed by atoms with van der Waals surface area (Å²) in [4.78, 5) is 13.9. The van der Waals surface area contributed by atoms with E-state index in [-0.39, 0.29) is 11.8 Å².